The van der Waals surface area contributed by atoms with Crippen LogP contribution in [0.5, 0.6) is 0 Å². The number of alkyl halides is 3. The van der Waals surface area contributed by atoms with Gasteiger partial charge in [0.2, 0.25) is 0 Å². The molecule has 0 spiro atoms. The van der Waals surface area contributed by atoms with Gasteiger partial charge in [0, 0.05) is 19.6 Å². The SMILES string of the molecule is N#Cc1cccc(NCC2CCN(S(=O)(=O)C(F)(F)F)CC2)n1. The van der Waals surface area contributed by atoms with Gasteiger partial charge in [0.1, 0.15) is 17.6 Å². The van der Waals surface area contributed by atoms with E-state index in [1.54, 1.807) is 18.2 Å². The summed E-state index contributed by atoms with van der Waals surface area (Å²) in [5.74, 6) is 0.552. The average molecular weight is 348 g/mol. The van der Waals surface area contributed by atoms with Crippen LogP contribution in [0.4, 0.5) is 19.0 Å². The van der Waals surface area contributed by atoms with Crippen molar-refractivity contribution in [3.05, 3.63) is 23.9 Å². The Morgan fingerprint density at radius 3 is 2.57 bits per heavy atom. The van der Waals surface area contributed by atoms with Crippen LogP contribution in [0.1, 0.15) is 18.5 Å². The van der Waals surface area contributed by atoms with E-state index in [0.29, 0.717) is 29.5 Å². The zero-order valence-corrected chi connectivity index (χ0v) is 12.9. The summed E-state index contributed by atoms with van der Waals surface area (Å²) >= 11 is 0. The fraction of sp³-hybridized carbons (Fsp3) is 0.538. The number of piperidine rings is 1. The highest BCUT2D eigenvalue weighted by molar-refractivity contribution is 7.90. The molecule has 2 heterocycles. The minimum absolute atomic E-state index is 0.0437. The molecule has 0 radical (unpaired) electrons. The van der Waals surface area contributed by atoms with Gasteiger partial charge in [-0.05, 0) is 30.9 Å². The van der Waals surface area contributed by atoms with E-state index in [1.165, 1.54) is 0 Å². The number of aromatic nitrogens is 1. The molecule has 0 atom stereocenters. The molecule has 1 aromatic heterocycles. The second-order valence-corrected chi connectivity index (χ2v) is 7.12. The lowest BCUT2D eigenvalue weighted by Crippen LogP contribution is -2.45. The zero-order valence-electron chi connectivity index (χ0n) is 12.0. The van der Waals surface area contributed by atoms with E-state index in [1.807, 2.05) is 6.07 Å². The molecule has 0 aromatic carbocycles. The summed E-state index contributed by atoms with van der Waals surface area (Å²) in [5.41, 5.74) is -4.99. The number of nitrogens with one attached hydrogen (secondary N) is 1. The maximum absolute atomic E-state index is 12.5. The predicted octanol–water partition coefficient (Wildman–Crippen LogP) is 1.93. The van der Waals surface area contributed by atoms with E-state index in [9.17, 15) is 21.6 Å². The number of pyridine rings is 1. The van der Waals surface area contributed by atoms with Crippen LogP contribution in [-0.2, 0) is 10.0 Å². The van der Waals surface area contributed by atoms with E-state index < -0.39 is 15.5 Å². The Morgan fingerprint density at radius 1 is 1.35 bits per heavy atom. The van der Waals surface area contributed by atoms with Crippen LogP contribution >= 0.6 is 0 Å². The molecule has 1 fully saturated rings. The molecule has 1 aromatic rings. The van der Waals surface area contributed by atoms with Gasteiger partial charge >= 0.3 is 15.5 Å². The molecule has 0 bridgehead atoms. The van der Waals surface area contributed by atoms with Crippen molar-refractivity contribution in [3.63, 3.8) is 0 Å². The molecule has 1 saturated heterocycles. The molecule has 1 aliphatic heterocycles. The first-order chi connectivity index (χ1) is 10.7. The molecule has 0 unspecified atom stereocenters. The van der Waals surface area contributed by atoms with Crippen LogP contribution in [0.3, 0.4) is 0 Å². The van der Waals surface area contributed by atoms with Gasteiger partial charge in [0.15, 0.2) is 0 Å². The second kappa shape index (κ2) is 6.72. The van der Waals surface area contributed by atoms with Crippen LogP contribution in [0, 0.1) is 17.2 Å². The third-order valence-electron chi connectivity index (χ3n) is 3.64. The van der Waals surface area contributed by atoms with Gasteiger partial charge in [-0.3, -0.25) is 0 Å². The molecule has 1 N–H and O–H groups in total. The topological polar surface area (TPSA) is 86.1 Å². The fourth-order valence-electron chi connectivity index (χ4n) is 2.34. The molecule has 126 valence electrons. The Bertz CT molecular complexity index is 692. The van der Waals surface area contributed by atoms with E-state index in [-0.39, 0.29) is 24.7 Å². The maximum atomic E-state index is 12.5. The molecule has 2 rings (SSSR count). The Kier molecular flexibility index (Phi) is 5.11. The first kappa shape index (κ1) is 17.5. The van der Waals surface area contributed by atoms with Crippen molar-refractivity contribution >= 4 is 15.8 Å². The maximum Gasteiger partial charge on any atom is 0.511 e. The standard InChI is InChI=1S/C13H15F3N4O2S/c14-13(15,16)23(21,22)20-6-4-10(5-7-20)9-18-12-3-1-2-11(8-17)19-12/h1-3,10H,4-7,9H2,(H,18,19). The van der Waals surface area contributed by atoms with Gasteiger partial charge in [-0.2, -0.15) is 22.7 Å². The molecule has 0 aliphatic carbocycles. The number of nitrogens with zero attached hydrogens (tertiary/aromatic N) is 3. The molecule has 0 amide bonds. The van der Waals surface area contributed by atoms with E-state index in [2.05, 4.69) is 10.3 Å². The van der Waals surface area contributed by atoms with Gasteiger partial charge in [-0.1, -0.05) is 6.07 Å². The third-order valence-corrected chi connectivity index (χ3v) is 5.27. The van der Waals surface area contributed by atoms with E-state index in [4.69, 9.17) is 5.26 Å². The Balaban J connectivity index is 1.87. The second-order valence-electron chi connectivity index (χ2n) is 5.19. The number of anilines is 1. The van der Waals surface area contributed by atoms with Crippen molar-refractivity contribution < 1.29 is 21.6 Å². The van der Waals surface area contributed by atoms with Crippen LogP contribution < -0.4 is 5.32 Å². The zero-order chi connectivity index (χ0) is 17.1. The van der Waals surface area contributed by atoms with Gasteiger partial charge in [-0.15, -0.1) is 0 Å². The van der Waals surface area contributed by atoms with Gasteiger partial charge < -0.3 is 5.32 Å². The molecule has 6 nitrogen and oxygen atoms in total. The summed E-state index contributed by atoms with van der Waals surface area (Å²) in [4.78, 5) is 4.03. The van der Waals surface area contributed by atoms with Crippen LogP contribution in [0.2, 0.25) is 0 Å². The largest absolute Gasteiger partial charge is 0.511 e. The highest BCUT2D eigenvalue weighted by Crippen LogP contribution is 2.30. The van der Waals surface area contributed by atoms with Gasteiger partial charge in [0.25, 0.3) is 0 Å². The van der Waals surface area contributed by atoms with E-state index in [0.717, 1.165) is 0 Å². The fourth-order valence-corrected chi connectivity index (χ4v) is 3.33. The molecule has 10 heteroatoms. The molecule has 1 aliphatic rings. The number of sulfonamides is 1. The highest BCUT2D eigenvalue weighted by Gasteiger charge is 2.50. The Hall–Kier alpha value is -1.86. The van der Waals surface area contributed by atoms with E-state index >= 15 is 0 Å². The van der Waals surface area contributed by atoms with Crippen LogP contribution in [0.15, 0.2) is 18.2 Å². The number of halogens is 3. The summed E-state index contributed by atoms with van der Waals surface area (Å²) in [6.45, 7) is 0.154. The summed E-state index contributed by atoms with van der Waals surface area (Å²) in [6.07, 6.45) is 0.667. The van der Waals surface area contributed by atoms with Crippen molar-refractivity contribution in [1.29, 1.82) is 5.26 Å². The molecular weight excluding hydrogens is 333 g/mol. The van der Waals surface area contributed by atoms with Crippen molar-refractivity contribution in [2.24, 2.45) is 5.92 Å². The smallest absolute Gasteiger partial charge is 0.370 e. The lowest BCUT2D eigenvalue weighted by atomic mass is 9.98. The average Bonchev–Trinajstić information content (AvgIpc) is 2.52. The lowest BCUT2D eigenvalue weighted by molar-refractivity contribution is -0.0496. The van der Waals surface area contributed by atoms with Crippen LogP contribution in [-0.4, -0.2) is 42.8 Å². The quantitative estimate of drug-likeness (QED) is 0.898. The number of rotatable bonds is 4. The monoisotopic (exact) mass is 348 g/mol. The Morgan fingerprint density at radius 2 is 2.00 bits per heavy atom. The van der Waals surface area contributed by atoms with Gasteiger partial charge in [-0.25, -0.2) is 13.4 Å². The summed E-state index contributed by atoms with van der Waals surface area (Å²) in [7, 11) is -5.23. The lowest BCUT2D eigenvalue weighted by Gasteiger charge is -2.31. The summed E-state index contributed by atoms with van der Waals surface area (Å²) < 4.78 is 60.5. The minimum atomic E-state index is -5.25. The van der Waals surface area contributed by atoms with Gasteiger partial charge in [0.05, 0.1) is 0 Å². The molecular formula is C13H15F3N4O2S. The Labute approximate surface area is 132 Å². The first-order valence-electron chi connectivity index (χ1n) is 6.91. The summed E-state index contributed by atoms with van der Waals surface area (Å²) in [6, 6.07) is 6.83. The third kappa shape index (κ3) is 4.11. The summed E-state index contributed by atoms with van der Waals surface area (Å²) in [5, 5.41) is 11.8. The van der Waals surface area contributed by atoms with Crippen molar-refractivity contribution in [2.75, 3.05) is 25.0 Å². The number of nitriles is 1. The predicted molar refractivity (Wildman–Crippen MR) is 76.7 cm³/mol. The van der Waals surface area contributed by atoms with Crippen molar-refractivity contribution in [2.45, 2.75) is 18.3 Å². The first-order valence-corrected chi connectivity index (χ1v) is 8.35. The number of hydrogen-bond donors (Lipinski definition) is 1. The van der Waals surface area contributed by atoms with Crippen molar-refractivity contribution in [3.8, 4) is 6.07 Å². The highest BCUT2D eigenvalue weighted by atomic mass is 32.2. The van der Waals surface area contributed by atoms with Crippen molar-refractivity contribution in [1.82, 2.24) is 9.29 Å². The normalized spacial score (nSPS) is 17.7. The number of hydrogen-bond acceptors (Lipinski definition) is 5. The molecule has 23 heavy (non-hydrogen) atoms. The van der Waals surface area contributed by atoms with Crippen LogP contribution in [0.25, 0.3) is 0 Å². The molecule has 0 saturated carbocycles. The minimum Gasteiger partial charge on any atom is -0.370 e.